The molecule has 0 aliphatic carbocycles. The van der Waals surface area contributed by atoms with Crippen LogP contribution >= 0.6 is 12.6 Å². The molecular weight excluding hydrogens is 94.1 g/mol. The van der Waals surface area contributed by atoms with Crippen LogP contribution in [-0.4, -0.2) is 18.5 Å². The third-order valence-corrected chi connectivity index (χ3v) is 0.498. The molecule has 0 aromatic rings. The van der Waals surface area contributed by atoms with Gasteiger partial charge in [-0.05, 0) is 6.92 Å². The molecule has 36 valence electrons. The first-order valence-electron chi connectivity index (χ1n) is 1.87. The molecule has 0 aromatic heterocycles. The summed E-state index contributed by atoms with van der Waals surface area (Å²) in [6.45, 7) is 1.97. The Balaban J connectivity index is 3.03. The Morgan fingerprint density at radius 1 is 1.83 bits per heavy atom. The van der Waals surface area contributed by atoms with Crippen molar-refractivity contribution in [3.8, 4) is 0 Å². The second-order valence-electron chi connectivity index (χ2n) is 1.15. The van der Waals surface area contributed by atoms with E-state index >= 15 is 0 Å². The van der Waals surface area contributed by atoms with Crippen molar-refractivity contribution in [3.05, 3.63) is 0 Å². The molecule has 0 rings (SSSR count). The SMILES string of the molecule is C/N=C\C(C)S. The maximum absolute atomic E-state index is 4.03. The molecule has 6 heavy (non-hydrogen) atoms. The van der Waals surface area contributed by atoms with E-state index in [1.54, 1.807) is 13.3 Å². The van der Waals surface area contributed by atoms with Crippen LogP contribution in [0.3, 0.4) is 0 Å². The zero-order valence-corrected chi connectivity index (χ0v) is 4.94. The zero-order chi connectivity index (χ0) is 4.99. The summed E-state index contributed by atoms with van der Waals surface area (Å²) in [5.41, 5.74) is 0. The summed E-state index contributed by atoms with van der Waals surface area (Å²) in [6, 6.07) is 0. The molecule has 0 amide bonds. The summed E-state index contributed by atoms with van der Waals surface area (Å²) < 4.78 is 0. The highest BCUT2D eigenvalue weighted by Gasteiger charge is 1.79. The first kappa shape index (κ1) is 6.02. The lowest BCUT2D eigenvalue weighted by molar-refractivity contribution is 1.32. The van der Waals surface area contributed by atoms with Crippen LogP contribution in [0.2, 0.25) is 0 Å². The van der Waals surface area contributed by atoms with E-state index in [1.165, 1.54) is 0 Å². The van der Waals surface area contributed by atoms with Crippen LogP contribution in [0.15, 0.2) is 4.99 Å². The monoisotopic (exact) mass is 103 g/mol. The lowest BCUT2D eigenvalue weighted by atomic mass is 10.5. The molecule has 0 aliphatic rings. The summed E-state index contributed by atoms with van der Waals surface area (Å²) in [5.74, 6) is 0. The highest BCUT2D eigenvalue weighted by Crippen LogP contribution is 1.83. The van der Waals surface area contributed by atoms with Crippen molar-refractivity contribution in [2.75, 3.05) is 7.05 Å². The van der Waals surface area contributed by atoms with Crippen molar-refractivity contribution in [1.29, 1.82) is 0 Å². The predicted molar refractivity (Wildman–Crippen MR) is 32.9 cm³/mol. The highest BCUT2D eigenvalue weighted by molar-refractivity contribution is 7.81. The molecule has 0 heterocycles. The Morgan fingerprint density at radius 3 is 2.33 bits per heavy atom. The number of nitrogens with zero attached hydrogens (tertiary/aromatic N) is 1. The van der Waals surface area contributed by atoms with Crippen LogP contribution in [-0.2, 0) is 0 Å². The first-order chi connectivity index (χ1) is 2.77. The summed E-state index contributed by atoms with van der Waals surface area (Å²) in [4.78, 5) is 3.73. The van der Waals surface area contributed by atoms with Gasteiger partial charge in [0.15, 0.2) is 0 Å². The lowest BCUT2D eigenvalue weighted by Gasteiger charge is -1.85. The van der Waals surface area contributed by atoms with Gasteiger partial charge in [0, 0.05) is 18.5 Å². The number of hydrogen-bond donors (Lipinski definition) is 1. The maximum atomic E-state index is 4.03. The Kier molecular flexibility index (Phi) is 3.23. The van der Waals surface area contributed by atoms with Gasteiger partial charge in [-0.2, -0.15) is 12.6 Å². The van der Waals surface area contributed by atoms with E-state index in [0.29, 0.717) is 5.25 Å². The Morgan fingerprint density at radius 2 is 2.33 bits per heavy atom. The van der Waals surface area contributed by atoms with Gasteiger partial charge in [0.25, 0.3) is 0 Å². The normalized spacial score (nSPS) is 15.8. The quantitative estimate of drug-likeness (QED) is 0.375. The van der Waals surface area contributed by atoms with Crippen molar-refractivity contribution >= 4 is 18.8 Å². The Hall–Kier alpha value is 0.0200. The third-order valence-electron chi connectivity index (χ3n) is 0.365. The van der Waals surface area contributed by atoms with E-state index in [1.807, 2.05) is 6.92 Å². The van der Waals surface area contributed by atoms with Gasteiger partial charge in [0.1, 0.15) is 0 Å². The van der Waals surface area contributed by atoms with Crippen LogP contribution in [0, 0.1) is 0 Å². The van der Waals surface area contributed by atoms with Gasteiger partial charge in [-0.1, -0.05) is 0 Å². The minimum atomic E-state index is 0.301. The molecule has 0 radical (unpaired) electrons. The molecule has 0 bridgehead atoms. The standard InChI is InChI=1S/C4H9NS/c1-4(6)3-5-2/h3-4,6H,1-2H3/b5-3-. The Labute approximate surface area is 43.9 Å². The molecule has 1 nitrogen and oxygen atoms in total. The summed E-state index contributed by atoms with van der Waals surface area (Å²) in [6.07, 6.45) is 1.78. The van der Waals surface area contributed by atoms with Gasteiger partial charge in [-0.3, -0.25) is 4.99 Å². The summed E-state index contributed by atoms with van der Waals surface area (Å²) in [5, 5.41) is 0.301. The van der Waals surface area contributed by atoms with Crippen LogP contribution in [0.1, 0.15) is 6.92 Å². The molecule has 0 N–H and O–H groups in total. The third kappa shape index (κ3) is 4.02. The maximum Gasteiger partial charge on any atom is 0.0337 e. The molecule has 0 saturated heterocycles. The van der Waals surface area contributed by atoms with Crippen molar-refractivity contribution in [2.24, 2.45) is 4.99 Å². The topological polar surface area (TPSA) is 12.4 Å². The minimum absolute atomic E-state index is 0.301. The molecule has 0 aliphatic heterocycles. The fourth-order valence-corrected chi connectivity index (χ4v) is 0.349. The van der Waals surface area contributed by atoms with Crippen LogP contribution in [0.25, 0.3) is 0 Å². The van der Waals surface area contributed by atoms with Gasteiger partial charge < -0.3 is 0 Å². The smallest absolute Gasteiger partial charge is 0.0337 e. The number of hydrogen-bond acceptors (Lipinski definition) is 2. The number of aliphatic imine (C=N–C) groups is 1. The molecule has 2 heteroatoms. The molecule has 0 saturated carbocycles. The Bertz CT molecular complexity index is 49.5. The van der Waals surface area contributed by atoms with Crippen LogP contribution in [0.4, 0.5) is 0 Å². The minimum Gasteiger partial charge on any atom is -0.300 e. The average Bonchev–Trinajstić information content (AvgIpc) is 1.35. The second kappa shape index (κ2) is 3.22. The molecule has 0 fully saturated rings. The summed E-state index contributed by atoms with van der Waals surface area (Å²) >= 11 is 4.03. The van der Waals surface area contributed by atoms with E-state index < -0.39 is 0 Å². The largest absolute Gasteiger partial charge is 0.300 e. The van der Waals surface area contributed by atoms with Crippen LogP contribution in [0.5, 0.6) is 0 Å². The number of thiol groups is 1. The number of rotatable bonds is 1. The van der Waals surface area contributed by atoms with Gasteiger partial charge >= 0.3 is 0 Å². The van der Waals surface area contributed by atoms with Crippen LogP contribution < -0.4 is 0 Å². The van der Waals surface area contributed by atoms with Crippen molar-refractivity contribution < 1.29 is 0 Å². The van der Waals surface area contributed by atoms with Gasteiger partial charge in [0.05, 0.1) is 0 Å². The predicted octanol–water partition coefficient (Wildman–Crippen LogP) is 1.01. The molecule has 0 spiro atoms. The van der Waals surface area contributed by atoms with Crippen molar-refractivity contribution in [1.82, 2.24) is 0 Å². The van der Waals surface area contributed by atoms with E-state index in [4.69, 9.17) is 0 Å². The molecule has 1 unspecified atom stereocenters. The highest BCUT2D eigenvalue weighted by atomic mass is 32.1. The zero-order valence-electron chi connectivity index (χ0n) is 4.05. The van der Waals surface area contributed by atoms with E-state index in [9.17, 15) is 0 Å². The molecular formula is C4H9NS. The van der Waals surface area contributed by atoms with E-state index in [-0.39, 0.29) is 0 Å². The summed E-state index contributed by atoms with van der Waals surface area (Å²) in [7, 11) is 1.74. The lowest BCUT2D eigenvalue weighted by Crippen LogP contribution is -1.88. The average molecular weight is 103 g/mol. The fraction of sp³-hybridized carbons (Fsp3) is 0.750. The molecule has 0 aromatic carbocycles. The van der Waals surface area contributed by atoms with Gasteiger partial charge in [-0.25, -0.2) is 0 Å². The van der Waals surface area contributed by atoms with Crippen molar-refractivity contribution in [3.63, 3.8) is 0 Å². The first-order valence-corrected chi connectivity index (χ1v) is 2.39. The molecule has 1 atom stereocenters. The fourth-order valence-electron chi connectivity index (χ4n) is 0.216. The second-order valence-corrected chi connectivity index (χ2v) is 1.96. The van der Waals surface area contributed by atoms with E-state index in [0.717, 1.165) is 0 Å². The van der Waals surface area contributed by atoms with E-state index in [2.05, 4.69) is 17.6 Å². The van der Waals surface area contributed by atoms with Gasteiger partial charge in [0.2, 0.25) is 0 Å². The van der Waals surface area contributed by atoms with Crippen molar-refractivity contribution in [2.45, 2.75) is 12.2 Å². The van der Waals surface area contributed by atoms with Gasteiger partial charge in [-0.15, -0.1) is 0 Å².